The van der Waals surface area contributed by atoms with E-state index in [1.54, 1.807) is 12.1 Å². The van der Waals surface area contributed by atoms with Crippen LogP contribution in [0.3, 0.4) is 0 Å². The molecule has 0 saturated carbocycles. The first-order chi connectivity index (χ1) is 9.16. The van der Waals surface area contributed by atoms with Crippen molar-refractivity contribution >= 4 is 17.5 Å². The Morgan fingerprint density at radius 1 is 1.32 bits per heavy atom. The van der Waals surface area contributed by atoms with Crippen molar-refractivity contribution in [2.75, 3.05) is 0 Å². The van der Waals surface area contributed by atoms with Gasteiger partial charge in [0.25, 0.3) is 0 Å². The maximum atomic E-state index is 11.7. The predicted octanol–water partition coefficient (Wildman–Crippen LogP) is 2.94. The highest BCUT2D eigenvalue weighted by Gasteiger charge is 2.36. The van der Waals surface area contributed by atoms with Crippen molar-refractivity contribution in [2.45, 2.75) is 31.8 Å². The zero-order valence-corrected chi connectivity index (χ0v) is 10.4. The maximum Gasteiger partial charge on any atom is 0.349 e. The molecule has 1 aliphatic heterocycles. The molecule has 0 aromatic heterocycles. The van der Waals surface area contributed by atoms with Crippen LogP contribution in [0, 0.1) is 0 Å². The van der Waals surface area contributed by atoms with Crippen molar-refractivity contribution in [3.05, 3.63) is 41.0 Å². The van der Waals surface area contributed by atoms with Gasteiger partial charge < -0.3 is 9.84 Å². The highest BCUT2D eigenvalue weighted by molar-refractivity contribution is 5.99. The lowest BCUT2D eigenvalue weighted by Gasteiger charge is -2.13. The van der Waals surface area contributed by atoms with Gasteiger partial charge in [-0.3, -0.25) is 0 Å². The van der Waals surface area contributed by atoms with Gasteiger partial charge in [-0.1, -0.05) is 18.2 Å². The number of allylic oxidation sites excluding steroid dienone is 2. The first kappa shape index (κ1) is 12.0. The van der Waals surface area contributed by atoms with Crippen LogP contribution in [0.4, 0.5) is 0 Å². The summed E-state index contributed by atoms with van der Waals surface area (Å²) >= 11 is 0. The molecule has 0 radical (unpaired) electrons. The van der Waals surface area contributed by atoms with Crippen LogP contribution in [0.2, 0.25) is 0 Å². The molecule has 1 atom stereocenters. The number of aliphatic carboxylic acids is 1. The molecule has 1 aromatic rings. The first-order valence-electron chi connectivity index (χ1n) is 6.44. The summed E-state index contributed by atoms with van der Waals surface area (Å²) in [5, 5.41) is 9.01. The SMILES string of the molecule is O=C1OC(C(=O)O)c2ccc(C3=CCCCC3)cc21. The van der Waals surface area contributed by atoms with Crippen LogP contribution in [-0.2, 0) is 9.53 Å². The van der Waals surface area contributed by atoms with Crippen molar-refractivity contribution in [1.82, 2.24) is 0 Å². The molecular formula is C15H14O4. The maximum absolute atomic E-state index is 11.7. The number of cyclic esters (lactones) is 1. The van der Waals surface area contributed by atoms with Crippen LogP contribution in [0.15, 0.2) is 24.3 Å². The van der Waals surface area contributed by atoms with Gasteiger partial charge in [0.15, 0.2) is 0 Å². The third kappa shape index (κ3) is 2.03. The van der Waals surface area contributed by atoms with E-state index in [4.69, 9.17) is 9.84 Å². The van der Waals surface area contributed by atoms with E-state index in [1.165, 1.54) is 12.0 Å². The minimum absolute atomic E-state index is 0.386. The second-order valence-electron chi connectivity index (χ2n) is 4.90. The molecule has 1 aliphatic carbocycles. The second-order valence-corrected chi connectivity index (χ2v) is 4.90. The molecule has 0 fully saturated rings. The van der Waals surface area contributed by atoms with Crippen molar-refractivity contribution < 1.29 is 19.4 Å². The topological polar surface area (TPSA) is 63.6 Å². The number of hydrogen-bond acceptors (Lipinski definition) is 3. The number of ether oxygens (including phenoxy) is 1. The van der Waals surface area contributed by atoms with E-state index < -0.39 is 18.0 Å². The third-order valence-electron chi connectivity index (χ3n) is 3.67. The molecule has 2 aliphatic rings. The number of fused-ring (bicyclic) bond motifs is 1. The fourth-order valence-corrected chi connectivity index (χ4v) is 2.68. The van der Waals surface area contributed by atoms with Gasteiger partial charge in [0.1, 0.15) is 0 Å². The Morgan fingerprint density at radius 2 is 2.16 bits per heavy atom. The van der Waals surface area contributed by atoms with Crippen LogP contribution < -0.4 is 0 Å². The van der Waals surface area contributed by atoms with Gasteiger partial charge in [0.2, 0.25) is 6.10 Å². The molecule has 19 heavy (non-hydrogen) atoms. The number of carbonyl (C=O) groups excluding carboxylic acids is 1. The molecule has 1 unspecified atom stereocenters. The van der Waals surface area contributed by atoms with E-state index >= 15 is 0 Å². The Bertz CT molecular complexity index is 586. The molecule has 0 bridgehead atoms. The number of rotatable bonds is 2. The minimum atomic E-state index is -1.16. The summed E-state index contributed by atoms with van der Waals surface area (Å²) in [6.07, 6.45) is 5.48. The molecule has 1 heterocycles. The van der Waals surface area contributed by atoms with Gasteiger partial charge in [0, 0.05) is 5.56 Å². The molecule has 4 heteroatoms. The van der Waals surface area contributed by atoms with E-state index in [2.05, 4.69) is 6.08 Å². The zero-order chi connectivity index (χ0) is 13.4. The van der Waals surface area contributed by atoms with Gasteiger partial charge in [-0.25, -0.2) is 9.59 Å². The molecule has 1 aromatic carbocycles. The lowest BCUT2D eigenvalue weighted by Crippen LogP contribution is -2.10. The summed E-state index contributed by atoms with van der Waals surface area (Å²) in [6.45, 7) is 0. The summed E-state index contributed by atoms with van der Waals surface area (Å²) < 4.78 is 4.88. The van der Waals surface area contributed by atoms with Gasteiger partial charge in [-0.15, -0.1) is 0 Å². The Morgan fingerprint density at radius 3 is 2.84 bits per heavy atom. The van der Waals surface area contributed by atoms with Crippen LogP contribution in [0.1, 0.15) is 53.3 Å². The molecule has 0 amide bonds. The predicted molar refractivity (Wildman–Crippen MR) is 68.7 cm³/mol. The fourth-order valence-electron chi connectivity index (χ4n) is 2.68. The molecule has 0 saturated heterocycles. The largest absolute Gasteiger partial charge is 0.478 e. The highest BCUT2D eigenvalue weighted by Crippen LogP contribution is 2.34. The van der Waals surface area contributed by atoms with Crippen LogP contribution in [0.25, 0.3) is 5.57 Å². The molecule has 1 N–H and O–H groups in total. The summed E-state index contributed by atoms with van der Waals surface area (Å²) in [4.78, 5) is 22.7. The minimum Gasteiger partial charge on any atom is -0.478 e. The molecular weight excluding hydrogens is 244 g/mol. The van der Waals surface area contributed by atoms with Gasteiger partial charge >= 0.3 is 11.9 Å². The average Bonchev–Trinajstić information content (AvgIpc) is 2.77. The number of benzene rings is 1. The number of esters is 1. The lowest BCUT2D eigenvalue weighted by atomic mass is 9.91. The Labute approximate surface area is 110 Å². The Balaban J connectivity index is 2.00. The highest BCUT2D eigenvalue weighted by atomic mass is 16.6. The summed E-state index contributed by atoms with van der Waals surface area (Å²) in [6, 6.07) is 5.34. The normalized spacial score (nSPS) is 21.6. The number of carboxylic acids is 1. The Kier molecular flexibility index (Phi) is 2.85. The van der Waals surface area contributed by atoms with E-state index in [0.29, 0.717) is 11.1 Å². The lowest BCUT2D eigenvalue weighted by molar-refractivity contribution is -0.146. The fraction of sp³-hybridized carbons (Fsp3) is 0.333. The summed E-state index contributed by atoms with van der Waals surface area (Å²) in [7, 11) is 0. The van der Waals surface area contributed by atoms with Crippen LogP contribution in [0.5, 0.6) is 0 Å². The van der Waals surface area contributed by atoms with Gasteiger partial charge in [-0.2, -0.15) is 0 Å². The number of hydrogen-bond donors (Lipinski definition) is 1. The van der Waals surface area contributed by atoms with Gasteiger partial charge in [-0.05, 0) is 42.9 Å². The third-order valence-corrected chi connectivity index (χ3v) is 3.67. The molecule has 98 valence electrons. The number of carbonyl (C=O) groups is 2. The van der Waals surface area contributed by atoms with Crippen molar-refractivity contribution in [3.8, 4) is 0 Å². The van der Waals surface area contributed by atoms with E-state index in [9.17, 15) is 9.59 Å². The summed E-state index contributed by atoms with van der Waals surface area (Å²) in [5.74, 6) is -1.67. The van der Waals surface area contributed by atoms with Crippen molar-refractivity contribution in [3.63, 3.8) is 0 Å². The van der Waals surface area contributed by atoms with Crippen LogP contribution in [-0.4, -0.2) is 17.0 Å². The van der Waals surface area contributed by atoms with E-state index in [-0.39, 0.29) is 0 Å². The van der Waals surface area contributed by atoms with Gasteiger partial charge in [0.05, 0.1) is 5.56 Å². The van der Waals surface area contributed by atoms with E-state index in [0.717, 1.165) is 24.8 Å². The van der Waals surface area contributed by atoms with Crippen LogP contribution >= 0.6 is 0 Å². The average molecular weight is 258 g/mol. The smallest absolute Gasteiger partial charge is 0.349 e. The zero-order valence-electron chi connectivity index (χ0n) is 10.4. The molecule has 4 nitrogen and oxygen atoms in total. The summed E-state index contributed by atoms with van der Waals surface area (Å²) in [5.41, 5.74) is 3.08. The standard InChI is InChI=1S/C15H14O4/c16-14(17)13-11-7-6-10(8-12(11)15(18)19-13)9-4-2-1-3-5-9/h4,6-8,13H,1-3,5H2,(H,16,17). The molecule has 3 rings (SSSR count). The molecule has 0 spiro atoms. The monoisotopic (exact) mass is 258 g/mol. The first-order valence-corrected chi connectivity index (χ1v) is 6.44. The Hall–Kier alpha value is -2.10. The van der Waals surface area contributed by atoms with Crippen molar-refractivity contribution in [1.29, 1.82) is 0 Å². The number of carboxylic acid groups (broad SMARTS) is 1. The quantitative estimate of drug-likeness (QED) is 0.828. The second kappa shape index (κ2) is 4.53. The van der Waals surface area contributed by atoms with E-state index in [1.807, 2.05) is 6.07 Å². The van der Waals surface area contributed by atoms with Crippen molar-refractivity contribution in [2.24, 2.45) is 0 Å².